The van der Waals surface area contributed by atoms with E-state index in [1.165, 1.54) is 11.3 Å². The third kappa shape index (κ3) is 4.48. The van der Waals surface area contributed by atoms with E-state index >= 15 is 0 Å². The first-order chi connectivity index (χ1) is 12.4. The minimum absolute atomic E-state index is 0.0707. The quantitative estimate of drug-likeness (QED) is 0.802. The highest BCUT2D eigenvalue weighted by Gasteiger charge is 2.18. The molecule has 0 saturated heterocycles. The van der Waals surface area contributed by atoms with Crippen LogP contribution in [0.3, 0.4) is 0 Å². The zero-order chi connectivity index (χ0) is 18.7. The molecule has 7 heteroatoms. The van der Waals surface area contributed by atoms with Crippen molar-refractivity contribution in [3.8, 4) is 11.5 Å². The van der Waals surface area contributed by atoms with Crippen molar-refractivity contribution < 1.29 is 14.3 Å². The van der Waals surface area contributed by atoms with Crippen molar-refractivity contribution in [2.45, 2.75) is 33.6 Å². The molecule has 1 amide bonds. The minimum atomic E-state index is -0.0707. The van der Waals surface area contributed by atoms with Gasteiger partial charge in [-0.1, -0.05) is 25.4 Å². The fourth-order valence-corrected chi connectivity index (χ4v) is 4.29. The van der Waals surface area contributed by atoms with Crippen LogP contribution < -0.4 is 14.8 Å². The van der Waals surface area contributed by atoms with Crippen LogP contribution in [-0.2, 0) is 12.8 Å². The van der Waals surface area contributed by atoms with E-state index in [2.05, 4.69) is 24.1 Å². The number of aryl methyl sites for hydroxylation is 1. The molecule has 0 radical (unpaired) electrons. The van der Waals surface area contributed by atoms with E-state index in [1.807, 2.05) is 19.1 Å². The highest BCUT2D eigenvalue weighted by Crippen LogP contribution is 2.38. The number of carbonyl (C=O) groups excluding carboxylic acids is 1. The van der Waals surface area contributed by atoms with Crippen LogP contribution in [0.15, 0.2) is 12.1 Å². The molecule has 0 bridgehead atoms. The number of amides is 1. The van der Waals surface area contributed by atoms with E-state index in [0.717, 1.165) is 22.7 Å². The standard InChI is InChI=1S/C19H23ClN2O3S/c1-11(2)8-16-22-12(3)18(26-16)19(23)21-5-4-13-9-14(20)17-15(10-13)24-6-7-25-17/h9-11H,4-8H2,1-3H3,(H,21,23). The summed E-state index contributed by atoms with van der Waals surface area (Å²) >= 11 is 7.73. The van der Waals surface area contributed by atoms with Gasteiger partial charge in [0.2, 0.25) is 0 Å². The van der Waals surface area contributed by atoms with Crippen LogP contribution in [0, 0.1) is 12.8 Å². The zero-order valence-corrected chi connectivity index (χ0v) is 16.8. The second-order valence-corrected chi connectivity index (χ2v) is 8.22. The molecular formula is C19H23ClN2O3S. The summed E-state index contributed by atoms with van der Waals surface area (Å²) in [6, 6.07) is 3.78. The van der Waals surface area contributed by atoms with Crippen LogP contribution in [-0.4, -0.2) is 30.6 Å². The topological polar surface area (TPSA) is 60.5 Å². The van der Waals surface area contributed by atoms with E-state index in [9.17, 15) is 4.79 Å². The first kappa shape index (κ1) is 19.0. The number of ether oxygens (including phenoxy) is 2. The number of fused-ring (bicyclic) bond motifs is 1. The predicted molar refractivity (Wildman–Crippen MR) is 104 cm³/mol. The van der Waals surface area contributed by atoms with Gasteiger partial charge in [0.15, 0.2) is 11.5 Å². The van der Waals surface area contributed by atoms with Gasteiger partial charge in [-0.3, -0.25) is 4.79 Å². The fraction of sp³-hybridized carbons (Fsp3) is 0.474. The van der Waals surface area contributed by atoms with E-state index < -0.39 is 0 Å². The Kier molecular flexibility index (Phi) is 6.04. The van der Waals surface area contributed by atoms with Crippen molar-refractivity contribution in [2.24, 2.45) is 5.92 Å². The highest BCUT2D eigenvalue weighted by atomic mass is 35.5. The maximum atomic E-state index is 12.4. The van der Waals surface area contributed by atoms with Gasteiger partial charge in [0.05, 0.1) is 15.7 Å². The van der Waals surface area contributed by atoms with Crippen molar-refractivity contribution in [1.82, 2.24) is 10.3 Å². The number of benzene rings is 1. The average Bonchev–Trinajstić information content (AvgIpc) is 2.94. The summed E-state index contributed by atoms with van der Waals surface area (Å²) in [5.41, 5.74) is 1.80. The molecule has 1 aliphatic rings. The normalized spacial score (nSPS) is 13.1. The van der Waals surface area contributed by atoms with Crippen LogP contribution >= 0.6 is 22.9 Å². The molecule has 1 N–H and O–H groups in total. The summed E-state index contributed by atoms with van der Waals surface area (Å²) in [6.45, 7) is 7.73. The van der Waals surface area contributed by atoms with Gasteiger partial charge in [-0.15, -0.1) is 11.3 Å². The van der Waals surface area contributed by atoms with Crippen molar-refractivity contribution >= 4 is 28.8 Å². The molecule has 0 fully saturated rings. The monoisotopic (exact) mass is 394 g/mol. The van der Waals surface area contributed by atoms with Crippen molar-refractivity contribution in [2.75, 3.05) is 19.8 Å². The lowest BCUT2D eigenvalue weighted by Gasteiger charge is -2.20. The summed E-state index contributed by atoms with van der Waals surface area (Å²) in [6.07, 6.45) is 1.56. The highest BCUT2D eigenvalue weighted by molar-refractivity contribution is 7.13. The summed E-state index contributed by atoms with van der Waals surface area (Å²) < 4.78 is 11.1. The molecule has 1 aromatic heterocycles. The number of aromatic nitrogens is 1. The molecule has 3 rings (SSSR count). The Morgan fingerprint density at radius 3 is 2.88 bits per heavy atom. The van der Waals surface area contributed by atoms with Crippen molar-refractivity contribution in [3.63, 3.8) is 0 Å². The number of hydrogen-bond acceptors (Lipinski definition) is 5. The van der Waals surface area contributed by atoms with Crippen LogP contribution in [0.2, 0.25) is 5.02 Å². The number of thiazole rings is 1. The van der Waals surface area contributed by atoms with Gasteiger partial charge >= 0.3 is 0 Å². The Morgan fingerprint density at radius 1 is 1.35 bits per heavy atom. The fourth-order valence-electron chi connectivity index (χ4n) is 2.81. The molecule has 5 nitrogen and oxygen atoms in total. The van der Waals surface area contributed by atoms with E-state index in [1.54, 1.807) is 0 Å². The predicted octanol–water partition coefficient (Wildman–Crippen LogP) is 4.05. The van der Waals surface area contributed by atoms with E-state index in [-0.39, 0.29) is 5.91 Å². The van der Waals surface area contributed by atoms with E-state index in [4.69, 9.17) is 21.1 Å². The number of rotatable bonds is 6. The molecule has 26 heavy (non-hydrogen) atoms. The van der Waals surface area contributed by atoms with Crippen LogP contribution in [0.1, 0.15) is 39.8 Å². The molecule has 140 valence electrons. The van der Waals surface area contributed by atoms with Gasteiger partial charge in [-0.25, -0.2) is 4.98 Å². The molecule has 2 heterocycles. The van der Waals surface area contributed by atoms with Crippen molar-refractivity contribution in [3.05, 3.63) is 38.3 Å². The molecular weight excluding hydrogens is 372 g/mol. The van der Waals surface area contributed by atoms with Gasteiger partial charge < -0.3 is 14.8 Å². The molecule has 0 atom stereocenters. The summed E-state index contributed by atoms with van der Waals surface area (Å²) in [5.74, 6) is 1.72. The molecule has 0 spiro atoms. The molecule has 0 aliphatic carbocycles. The van der Waals surface area contributed by atoms with Crippen LogP contribution in [0.5, 0.6) is 11.5 Å². The van der Waals surface area contributed by atoms with Gasteiger partial charge in [-0.05, 0) is 37.0 Å². The van der Waals surface area contributed by atoms with Gasteiger partial charge in [0.25, 0.3) is 5.91 Å². The largest absolute Gasteiger partial charge is 0.486 e. The second kappa shape index (κ2) is 8.27. The third-order valence-electron chi connectivity index (χ3n) is 3.99. The summed E-state index contributed by atoms with van der Waals surface area (Å²) in [7, 11) is 0. The maximum Gasteiger partial charge on any atom is 0.263 e. The molecule has 0 saturated carbocycles. The second-order valence-electron chi connectivity index (χ2n) is 6.73. The number of carbonyl (C=O) groups is 1. The first-order valence-corrected chi connectivity index (χ1v) is 9.96. The van der Waals surface area contributed by atoms with Gasteiger partial charge in [0, 0.05) is 13.0 Å². The Balaban J connectivity index is 1.59. The summed E-state index contributed by atoms with van der Waals surface area (Å²) in [5, 5.41) is 4.53. The SMILES string of the molecule is Cc1nc(CC(C)C)sc1C(=O)NCCc1cc(Cl)c2c(c1)OCCO2. The van der Waals surface area contributed by atoms with Crippen LogP contribution in [0.25, 0.3) is 0 Å². The van der Waals surface area contributed by atoms with Gasteiger partial charge in [0.1, 0.15) is 18.1 Å². The Hall–Kier alpha value is -1.79. The third-order valence-corrected chi connectivity index (χ3v) is 5.45. The van der Waals surface area contributed by atoms with E-state index in [0.29, 0.717) is 53.5 Å². The number of nitrogens with one attached hydrogen (secondary N) is 1. The molecule has 1 aromatic carbocycles. The number of hydrogen-bond donors (Lipinski definition) is 1. The van der Waals surface area contributed by atoms with Crippen LogP contribution in [0.4, 0.5) is 0 Å². The molecule has 1 aliphatic heterocycles. The number of nitrogens with zero attached hydrogens (tertiary/aromatic N) is 1. The molecule has 0 unspecified atom stereocenters. The lowest BCUT2D eigenvalue weighted by atomic mass is 10.1. The Bertz CT molecular complexity index is 804. The zero-order valence-electron chi connectivity index (χ0n) is 15.2. The van der Waals surface area contributed by atoms with Gasteiger partial charge in [-0.2, -0.15) is 0 Å². The first-order valence-electron chi connectivity index (χ1n) is 8.76. The smallest absolute Gasteiger partial charge is 0.263 e. The average molecular weight is 395 g/mol. The number of halogens is 1. The minimum Gasteiger partial charge on any atom is -0.486 e. The Labute approximate surface area is 162 Å². The van der Waals surface area contributed by atoms with Crippen molar-refractivity contribution in [1.29, 1.82) is 0 Å². The maximum absolute atomic E-state index is 12.4. The Morgan fingerprint density at radius 2 is 2.12 bits per heavy atom. The lowest BCUT2D eigenvalue weighted by Crippen LogP contribution is -2.25. The molecule has 2 aromatic rings. The lowest BCUT2D eigenvalue weighted by molar-refractivity contribution is 0.0957. The summed E-state index contributed by atoms with van der Waals surface area (Å²) in [4.78, 5) is 17.6.